The minimum Gasteiger partial charge on any atom is -0.355 e. The van der Waals surface area contributed by atoms with E-state index in [0.29, 0.717) is 11.3 Å². The number of hydrogen-bond donors (Lipinski definition) is 1. The van der Waals surface area contributed by atoms with E-state index in [-0.39, 0.29) is 10.9 Å². The highest BCUT2D eigenvalue weighted by molar-refractivity contribution is 8.14. The van der Waals surface area contributed by atoms with Gasteiger partial charge >= 0.3 is 0 Å². The number of carbonyl (C=O) groups excluding carboxylic acids is 1. The third-order valence-electron chi connectivity index (χ3n) is 4.02. The Bertz CT molecular complexity index is 907. The highest BCUT2D eigenvalue weighted by atomic mass is 32.2. The van der Waals surface area contributed by atoms with Gasteiger partial charge in [-0.15, -0.1) is 20.2 Å². The molecule has 0 fully saturated rings. The first kappa shape index (κ1) is 22.0. The van der Waals surface area contributed by atoms with Crippen LogP contribution in [0.2, 0.25) is 0 Å². The molecule has 154 valence electrons. The molecule has 0 radical (unpaired) electrons. The summed E-state index contributed by atoms with van der Waals surface area (Å²) in [5.74, 6) is -0.189. The quantitative estimate of drug-likeness (QED) is 0.450. The second-order valence-corrected chi connectivity index (χ2v) is 6.98. The maximum Gasteiger partial charge on any atom is 0.294 e. The minimum atomic E-state index is -1.26. The molecule has 0 aliphatic rings. The standard InChI is InChI=1S/C18H19N3O7S/c1-12-6-5-9-16(13(12)2)19-17-8-4-3-7-15(17)18(22)29-11-14(28-21(25)26)10-27-20(23)24/h3-9,14,19H,10-11H2,1-2H3. The molecule has 0 spiro atoms. The zero-order chi connectivity index (χ0) is 21.4. The van der Waals surface area contributed by atoms with E-state index in [1.807, 2.05) is 32.0 Å². The van der Waals surface area contributed by atoms with Gasteiger partial charge in [0, 0.05) is 11.4 Å². The second kappa shape index (κ2) is 10.3. The molecule has 0 saturated carbocycles. The summed E-state index contributed by atoms with van der Waals surface area (Å²) < 4.78 is 0. The average molecular weight is 421 g/mol. The monoisotopic (exact) mass is 421 g/mol. The van der Waals surface area contributed by atoms with E-state index in [1.165, 1.54) is 0 Å². The SMILES string of the molecule is Cc1cccc(Nc2ccccc2C(=O)SCC(CO[N+](=O)[O-])O[N+](=O)[O-])c1C. The maximum absolute atomic E-state index is 12.7. The number of para-hydroxylation sites is 1. The molecule has 1 N–H and O–H groups in total. The first-order chi connectivity index (χ1) is 13.8. The average Bonchev–Trinajstić information content (AvgIpc) is 2.67. The summed E-state index contributed by atoms with van der Waals surface area (Å²) in [7, 11) is 0. The molecule has 0 saturated heterocycles. The van der Waals surface area contributed by atoms with Gasteiger partial charge in [0.15, 0.2) is 0 Å². The van der Waals surface area contributed by atoms with Gasteiger partial charge in [0.05, 0.1) is 11.3 Å². The van der Waals surface area contributed by atoms with E-state index in [2.05, 4.69) is 15.0 Å². The first-order valence-electron chi connectivity index (χ1n) is 8.45. The fourth-order valence-corrected chi connectivity index (χ4v) is 3.25. The first-order valence-corrected chi connectivity index (χ1v) is 9.44. The van der Waals surface area contributed by atoms with Crippen molar-refractivity contribution in [2.45, 2.75) is 20.0 Å². The predicted octanol–water partition coefficient (Wildman–Crippen LogP) is 3.71. The van der Waals surface area contributed by atoms with Crippen molar-refractivity contribution >= 4 is 28.3 Å². The van der Waals surface area contributed by atoms with Crippen LogP contribution < -0.4 is 5.32 Å². The molecule has 2 rings (SSSR count). The molecule has 29 heavy (non-hydrogen) atoms. The lowest BCUT2D eigenvalue weighted by atomic mass is 10.1. The Morgan fingerprint density at radius 3 is 2.45 bits per heavy atom. The van der Waals surface area contributed by atoms with E-state index in [0.717, 1.165) is 28.6 Å². The van der Waals surface area contributed by atoms with E-state index in [1.54, 1.807) is 24.3 Å². The van der Waals surface area contributed by atoms with Gasteiger partial charge in [-0.25, -0.2) is 0 Å². The topological polar surface area (TPSA) is 134 Å². The van der Waals surface area contributed by atoms with Gasteiger partial charge in [-0.05, 0) is 43.2 Å². The Morgan fingerprint density at radius 1 is 1.07 bits per heavy atom. The Hall–Kier alpha value is -3.34. The Balaban J connectivity index is 2.11. The van der Waals surface area contributed by atoms with Gasteiger partial charge < -0.3 is 15.0 Å². The summed E-state index contributed by atoms with van der Waals surface area (Å²) in [6.45, 7) is 3.29. The summed E-state index contributed by atoms with van der Waals surface area (Å²) in [5, 5.41) is 21.6. The van der Waals surface area contributed by atoms with Crippen LogP contribution in [0.5, 0.6) is 0 Å². The molecular weight excluding hydrogens is 402 g/mol. The lowest BCUT2D eigenvalue weighted by molar-refractivity contribution is -0.788. The molecule has 0 heterocycles. The molecule has 10 nitrogen and oxygen atoms in total. The summed E-state index contributed by atoms with van der Waals surface area (Å²) in [6.07, 6.45) is -1.26. The largest absolute Gasteiger partial charge is 0.355 e. The van der Waals surface area contributed by atoms with Crippen LogP contribution >= 0.6 is 11.8 Å². The maximum atomic E-state index is 12.7. The minimum absolute atomic E-state index is 0.189. The van der Waals surface area contributed by atoms with Crippen LogP contribution in [0.15, 0.2) is 42.5 Å². The Kier molecular flexibility index (Phi) is 7.78. The number of hydrogen-bond acceptors (Lipinski definition) is 9. The molecule has 1 unspecified atom stereocenters. The van der Waals surface area contributed by atoms with Crippen LogP contribution in [0, 0.1) is 34.1 Å². The van der Waals surface area contributed by atoms with Gasteiger partial charge in [0.25, 0.3) is 10.2 Å². The molecule has 0 bridgehead atoms. The number of rotatable bonds is 10. The van der Waals surface area contributed by atoms with Crippen molar-refractivity contribution < 1.29 is 24.6 Å². The zero-order valence-electron chi connectivity index (χ0n) is 15.7. The lowest BCUT2D eigenvalue weighted by Gasteiger charge is -2.15. The fraction of sp³-hybridized carbons (Fsp3) is 0.278. The third kappa shape index (κ3) is 6.64. The van der Waals surface area contributed by atoms with Crippen LogP contribution in [0.1, 0.15) is 21.5 Å². The van der Waals surface area contributed by atoms with E-state index in [9.17, 15) is 25.0 Å². The number of aryl methyl sites for hydroxylation is 1. The Morgan fingerprint density at radius 2 is 1.76 bits per heavy atom. The van der Waals surface area contributed by atoms with Crippen LogP contribution in [-0.4, -0.2) is 33.8 Å². The van der Waals surface area contributed by atoms with Crippen LogP contribution in [0.4, 0.5) is 11.4 Å². The number of thioether (sulfide) groups is 1. The molecule has 2 aromatic rings. The van der Waals surface area contributed by atoms with Gasteiger partial charge in [-0.1, -0.05) is 36.0 Å². The van der Waals surface area contributed by atoms with Crippen molar-refractivity contribution in [1.82, 2.24) is 0 Å². The second-order valence-electron chi connectivity index (χ2n) is 5.99. The van der Waals surface area contributed by atoms with Gasteiger partial charge in [-0.2, -0.15) is 0 Å². The number of anilines is 2. The van der Waals surface area contributed by atoms with Crippen molar-refractivity contribution in [1.29, 1.82) is 0 Å². The van der Waals surface area contributed by atoms with Crippen LogP contribution in [-0.2, 0) is 9.68 Å². The normalized spacial score (nSPS) is 11.4. The van der Waals surface area contributed by atoms with Crippen molar-refractivity contribution in [3.63, 3.8) is 0 Å². The Labute approximate surface area is 170 Å². The summed E-state index contributed by atoms with van der Waals surface area (Å²) in [5.41, 5.74) is 3.93. The van der Waals surface area contributed by atoms with E-state index >= 15 is 0 Å². The zero-order valence-corrected chi connectivity index (χ0v) is 16.5. The van der Waals surface area contributed by atoms with Gasteiger partial charge in [0.1, 0.15) is 12.7 Å². The molecule has 0 amide bonds. The smallest absolute Gasteiger partial charge is 0.294 e. The van der Waals surface area contributed by atoms with Crippen molar-refractivity contribution in [3.8, 4) is 0 Å². The predicted molar refractivity (Wildman–Crippen MR) is 107 cm³/mol. The molecule has 0 aliphatic heterocycles. The number of nitrogens with zero attached hydrogens (tertiary/aromatic N) is 2. The lowest BCUT2D eigenvalue weighted by Crippen LogP contribution is -2.27. The van der Waals surface area contributed by atoms with Gasteiger partial charge in [0.2, 0.25) is 5.12 Å². The number of nitrogens with one attached hydrogen (secondary N) is 1. The van der Waals surface area contributed by atoms with Crippen molar-refractivity contribution in [2.24, 2.45) is 0 Å². The van der Waals surface area contributed by atoms with Crippen molar-refractivity contribution in [3.05, 3.63) is 79.4 Å². The summed E-state index contributed by atoms with van der Waals surface area (Å²) in [6, 6.07) is 12.6. The molecule has 11 heteroatoms. The third-order valence-corrected chi connectivity index (χ3v) is 5.04. The number of carbonyl (C=O) groups is 1. The highest BCUT2D eigenvalue weighted by Gasteiger charge is 2.20. The summed E-state index contributed by atoms with van der Waals surface area (Å²) in [4.78, 5) is 42.0. The van der Waals surface area contributed by atoms with Gasteiger partial charge in [-0.3, -0.25) is 4.79 Å². The summed E-state index contributed by atoms with van der Waals surface area (Å²) >= 11 is 0.752. The van der Waals surface area contributed by atoms with Crippen LogP contribution in [0.25, 0.3) is 0 Å². The van der Waals surface area contributed by atoms with Crippen molar-refractivity contribution in [2.75, 3.05) is 17.7 Å². The van der Waals surface area contributed by atoms with Crippen LogP contribution in [0.3, 0.4) is 0 Å². The van der Waals surface area contributed by atoms with E-state index < -0.39 is 22.9 Å². The number of benzene rings is 2. The molecule has 0 aromatic heterocycles. The molecule has 2 aromatic carbocycles. The molecular formula is C18H19N3O7S. The molecule has 0 aliphatic carbocycles. The molecule has 1 atom stereocenters. The fourth-order valence-electron chi connectivity index (χ4n) is 2.42. The highest BCUT2D eigenvalue weighted by Crippen LogP contribution is 2.28. The van der Waals surface area contributed by atoms with E-state index in [4.69, 9.17) is 0 Å².